The van der Waals surface area contributed by atoms with Gasteiger partial charge in [0.1, 0.15) is 0 Å². The summed E-state index contributed by atoms with van der Waals surface area (Å²) in [6.07, 6.45) is 10.3. The molecule has 0 radical (unpaired) electrons. The lowest BCUT2D eigenvalue weighted by Crippen LogP contribution is -2.56. The van der Waals surface area contributed by atoms with Gasteiger partial charge in [-0.2, -0.15) is 0 Å². The van der Waals surface area contributed by atoms with Gasteiger partial charge in [0.15, 0.2) is 0 Å². The molecule has 3 aliphatic rings. The van der Waals surface area contributed by atoms with Gasteiger partial charge in [-0.1, -0.05) is 67.3 Å². The number of benzene rings is 2. The molecule has 2 aliphatic heterocycles. The number of carbonyl (C=O) groups is 2. The van der Waals surface area contributed by atoms with Crippen molar-refractivity contribution in [2.24, 2.45) is 11.3 Å². The Morgan fingerprint density at radius 3 is 2.35 bits per heavy atom. The van der Waals surface area contributed by atoms with Crippen LogP contribution in [0.25, 0.3) is 0 Å². The normalized spacial score (nSPS) is 21.9. The third kappa shape index (κ3) is 8.40. The molecule has 2 amide bonds. The van der Waals surface area contributed by atoms with E-state index in [2.05, 4.69) is 78.0 Å². The Morgan fingerprint density at radius 2 is 1.67 bits per heavy atom. The maximum Gasteiger partial charge on any atom is 0.237 e. The van der Waals surface area contributed by atoms with E-state index in [0.717, 1.165) is 56.9 Å². The molecular weight excluding hydrogens is 556 g/mol. The first-order valence-corrected chi connectivity index (χ1v) is 16.9. The minimum absolute atomic E-state index is 0.0156. The van der Waals surface area contributed by atoms with Crippen LogP contribution in [0.2, 0.25) is 5.02 Å². The number of hydrogen-bond acceptors (Lipinski definition) is 4. The van der Waals surface area contributed by atoms with Crippen LogP contribution in [-0.2, 0) is 29.0 Å². The van der Waals surface area contributed by atoms with Gasteiger partial charge in [0, 0.05) is 29.7 Å². The van der Waals surface area contributed by atoms with Gasteiger partial charge in [-0.05, 0) is 114 Å². The first kappa shape index (κ1) is 32.0. The maximum absolute atomic E-state index is 13.8. The fraction of sp³-hybridized carbons (Fsp3) is 0.611. The summed E-state index contributed by atoms with van der Waals surface area (Å²) in [7, 11) is 0. The Hall–Kier alpha value is -2.41. The molecule has 0 spiro atoms. The van der Waals surface area contributed by atoms with Gasteiger partial charge in [0.25, 0.3) is 0 Å². The number of hydrogen-bond donors (Lipinski definition) is 3. The van der Waals surface area contributed by atoms with Crippen molar-refractivity contribution in [2.75, 3.05) is 19.6 Å². The van der Waals surface area contributed by atoms with E-state index in [-0.39, 0.29) is 34.9 Å². The van der Waals surface area contributed by atoms with Gasteiger partial charge >= 0.3 is 0 Å². The standard InChI is InChI=1S/C36H51ClN4O2/c1-35(2,3)40-34(43)36(29-11-5-4-6-12-29)18-21-41(22-19-36)20-17-31(23-26-13-15-30(37)16-14-26)39-33(42)32-24-27-9-7-8-10-28(27)25-38-32/h7-10,13-16,29,31-32,38H,4-6,11-12,17-25H2,1-3H3,(H,39,42)(H,40,43). The monoisotopic (exact) mass is 606 g/mol. The summed E-state index contributed by atoms with van der Waals surface area (Å²) < 4.78 is 0. The molecule has 6 nitrogen and oxygen atoms in total. The number of nitrogens with one attached hydrogen (secondary N) is 3. The van der Waals surface area contributed by atoms with Crippen LogP contribution in [0, 0.1) is 11.3 Å². The molecule has 7 heteroatoms. The van der Waals surface area contributed by atoms with E-state index >= 15 is 0 Å². The summed E-state index contributed by atoms with van der Waals surface area (Å²) in [6.45, 7) is 9.74. The number of rotatable bonds is 9. The summed E-state index contributed by atoms with van der Waals surface area (Å²) in [5, 5.41) is 10.9. The summed E-state index contributed by atoms with van der Waals surface area (Å²) in [5.74, 6) is 0.819. The molecule has 2 fully saturated rings. The van der Waals surface area contributed by atoms with E-state index < -0.39 is 0 Å². The molecule has 1 saturated carbocycles. The Morgan fingerprint density at radius 1 is 1.00 bits per heavy atom. The highest BCUT2D eigenvalue weighted by atomic mass is 35.5. The van der Waals surface area contributed by atoms with Crippen molar-refractivity contribution >= 4 is 23.4 Å². The van der Waals surface area contributed by atoms with E-state index in [1.807, 2.05) is 12.1 Å². The number of fused-ring (bicyclic) bond motifs is 1. The molecule has 234 valence electrons. The predicted octanol–water partition coefficient (Wildman–Crippen LogP) is 6.05. The maximum atomic E-state index is 13.8. The zero-order valence-corrected chi connectivity index (χ0v) is 27.1. The minimum Gasteiger partial charge on any atom is -0.352 e. The fourth-order valence-corrected chi connectivity index (χ4v) is 7.65. The lowest BCUT2D eigenvalue weighted by Gasteiger charge is -2.48. The van der Waals surface area contributed by atoms with Gasteiger partial charge in [0.2, 0.25) is 11.8 Å². The van der Waals surface area contributed by atoms with Crippen LogP contribution in [0.3, 0.4) is 0 Å². The minimum atomic E-state index is -0.260. The third-order valence-electron chi connectivity index (χ3n) is 10.0. The SMILES string of the molecule is CC(C)(C)NC(=O)C1(C2CCCCC2)CCN(CCC(Cc2ccc(Cl)cc2)NC(=O)C2Cc3ccccc3CN2)CC1. The highest BCUT2D eigenvalue weighted by Gasteiger charge is 2.48. The molecule has 0 bridgehead atoms. The molecule has 43 heavy (non-hydrogen) atoms. The average molecular weight is 607 g/mol. The van der Waals surface area contributed by atoms with Crippen LogP contribution in [-0.4, -0.2) is 54.0 Å². The average Bonchev–Trinajstić information content (AvgIpc) is 3.00. The summed E-state index contributed by atoms with van der Waals surface area (Å²) in [4.78, 5) is 29.8. The molecule has 1 saturated heterocycles. The van der Waals surface area contributed by atoms with Gasteiger partial charge in [-0.15, -0.1) is 0 Å². The van der Waals surface area contributed by atoms with Gasteiger partial charge in [-0.25, -0.2) is 0 Å². The summed E-state index contributed by atoms with van der Waals surface area (Å²) in [5.41, 5.74) is 3.21. The number of carbonyl (C=O) groups excluding carboxylic acids is 2. The molecular formula is C36H51ClN4O2. The van der Waals surface area contributed by atoms with Gasteiger partial charge in [-0.3, -0.25) is 9.59 Å². The second-order valence-corrected chi connectivity index (χ2v) is 14.7. The zero-order chi connectivity index (χ0) is 30.5. The quantitative estimate of drug-likeness (QED) is 0.325. The fourth-order valence-electron chi connectivity index (χ4n) is 7.53. The van der Waals surface area contributed by atoms with Crippen LogP contribution in [0.15, 0.2) is 48.5 Å². The Balaban J connectivity index is 1.22. The zero-order valence-electron chi connectivity index (χ0n) is 26.4. The number of likely N-dealkylation sites (tertiary alicyclic amines) is 1. The molecule has 1 aliphatic carbocycles. The molecule has 2 aromatic rings. The molecule has 2 aromatic carbocycles. The molecule has 2 heterocycles. The molecule has 2 unspecified atom stereocenters. The van der Waals surface area contributed by atoms with Crippen LogP contribution in [0.1, 0.15) is 88.8 Å². The van der Waals surface area contributed by atoms with E-state index in [4.69, 9.17) is 11.6 Å². The van der Waals surface area contributed by atoms with Gasteiger partial charge < -0.3 is 20.9 Å². The first-order chi connectivity index (χ1) is 20.6. The topological polar surface area (TPSA) is 73.5 Å². The number of piperidine rings is 1. The van der Waals surface area contributed by atoms with Crippen molar-refractivity contribution < 1.29 is 9.59 Å². The van der Waals surface area contributed by atoms with E-state index in [1.165, 1.54) is 48.8 Å². The van der Waals surface area contributed by atoms with E-state index in [1.54, 1.807) is 0 Å². The first-order valence-electron chi connectivity index (χ1n) is 16.5. The van der Waals surface area contributed by atoms with Crippen LogP contribution >= 0.6 is 11.6 Å². The molecule has 3 N–H and O–H groups in total. The van der Waals surface area contributed by atoms with Crippen molar-refractivity contribution in [1.29, 1.82) is 0 Å². The lowest BCUT2D eigenvalue weighted by atomic mass is 9.63. The lowest BCUT2D eigenvalue weighted by molar-refractivity contribution is -0.141. The number of nitrogens with zero attached hydrogens (tertiary/aromatic N) is 1. The predicted molar refractivity (Wildman–Crippen MR) is 175 cm³/mol. The van der Waals surface area contributed by atoms with Crippen LogP contribution < -0.4 is 16.0 Å². The second kappa shape index (κ2) is 14.1. The summed E-state index contributed by atoms with van der Waals surface area (Å²) in [6, 6.07) is 16.1. The Kier molecular flexibility index (Phi) is 10.5. The van der Waals surface area contributed by atoms with Crippen LogP contribution in [0.5, 0.6) is 0 Å². The van der Waals surface area contributed by atoms with Crippen LogP contribution in [0.4, 0.5) is 0 Å². The number of halogens is 1. The van der Waals surface area contributed by atoms with Gasteiger partial charge in [0.05, 0.1) is 11.5 Å². The molecule has 5 rings (SSSR count). The van der Waals surface area contributed by atoms with Crippen molar-refractivity contribution in [3.8, 4) is 0 Å². The highest BCUT2D eigenvalue weighted by molar-refractivity contribution is 6.30. The highest BCUT2D eigenvalue weighted by Crippen LogP contribution is 2.46. The third-order valence-corrected chi connectivity index (χ3v) is 10.3. The Labute approximate surface area is 263 Å². The van der Waals surface area contributed by atoms with Crippen molar-refractivity contribution in [3.63, 3.8) is 0 Å². The smallest absolute Gasteiger partial charge is 0.237 e. The Bertz CT molecular complexity index is 1230. The summed E-state index contributed by atoms with van der Waals surface area (Å²) >= 11 is 6.16. The molecule has 0 aromatic heterocycles. The van der Waals surface area contributed by atoms with Crippen molar-refractivity contribution in [3.05, 3.63) is 70.2 Å². The van der Waals surface area contributed by atoms with Crippen molar-refractivity contribution in [1.82, 2.24) is 20.9 Å². The second-order valence-electron chi connectivity index (χ2n) is 14.3. The van der Waals surface area contributed by atoms with E-state index in [9.17, 15) is 9.59 Å². The molecule has 2 atom stereocenters. The largest absolute Gasteiger partial charge is 0.352 e. The number of amides is 2. The van der Waals surface area contributed by atoms with Crippen molar-refractivity contribution in [2.45, 2.75) is 109 Å². The van der Waals surface area contributed by atoms with E-state index in [0.29, 0.717) is 12.3 Å².